The first-order valence-electron chi connectivity index (χ1n) is 7.55. The topological polar surface area (TPSA) is 72.9 Å². The van der Waals surface area contributed by atoms with Gasteiger partial charge in [0.25, 0.3) is 0 Å². The minimum absolute atomic E-state index is 0.0176. The normalized spacial score (nSPS) is 11.4. The number of carbonyl (C=O) groups is 1. The van der Waals surface area contributed by atoms with Crippen LogP contribution >= 0.6 is 27.5 Å². The van der Waals surface area contributed by atoms with E-state index >= 15 is 0 Å². The molecule has 0 N–H and O–H groups in total. The molecule has 0 spiro atoms. The summed E-state index contributed by atoms with van der Waals surface area (Å²) in [4.78, 5) is 11.9. The monoisotopic (exact) mass is 461 g/mol. The molecule has 0 heterocycles. The zero-order valence-corrected chi connectivity index (χ0v) is 17.1. The van der Waals surface area contributed by atoms with Crippen molar-refractivity contribution >= 4 is 43.5 Å². The van der Waals surface area contributed by atoms with E-state index in [0.717, 1.165) is 8.78 Å². The highest BCUT2D eigenvalue weighted by atomic mass is 79.9. The quantitative estimate of drug-likeness (QED) is 0.444. The number of esters is 1. The van der Waals surface area contributed by atoms with Gasteiger partial charge in [-0.05, 0) is 48.5 Å². The summed E-state index contributed by atoms with van der Waals surface area (Å²) in [5.74, 6) is -0.0175. The number of halogens is 2. The summed E-state index contributed by atoms with van der Waals surface area (Å²) >= 11 is 9.07. The lowest BCUT2D eigenvalue weighted by Gasteiger charge is -2.16. The smallest absolute Gasteiger partial charge is 0.321 e. The second kappa shape index (κ2) is 9.36. The number of carbonyl (C=O) groups excluding carboxylic acids is 1. The number of hydrogen-bond acceptors (Lipinski definition) is 5. The van der Waals surface area contributed by atoms with Crippen molar-refractivity contribution in [2.45, 2.75) is 4.90 Å². The predicted molar refractivity (Wildman–Crippen MR) is 102 cm³/mol. The van der Waals surface area contributed by atoms with Crippen molar-refractivity contribution in [2.75, 3.05) is 26.8 Å². The van der Waals surface area contributed by atoms with Gasteiger partial charge in [-0.25, -0.2) is 8.42 Å². The Kier molecular flexibility index (Phi) is 7.45. The van der Waals surface area contributed by atoms with E-state index in [-0.39, 0.29) is 18.1 Å². The minimum atomic E-state index is -3.79. The molecular formula is C17H17BrClNO5S. The van der Waals surface area contributed by atoms with Gasteiger partial charge in [-0.1, -0.05) is 27.5 Å². The van der Waals surface area contributed by atoms with Gasteiger partial charge in [0.15, 0.2) is 0 Å². The molecule has 0 aliphatic carbocycles. The number of nitrogens with zero attached hydrogens (tertiary/aromatic N) is 1. The molecule has 0 atom stereocenters. The van der Waals surface area contributed by atoms with Gasteiger partial charge in [0.05, 0.1) is 4.90 Å². The van der Waals surface area contributed by atoms with Crippen LogP contribution in [0.2, 0.25) is 5.02 Å². The predicted octanol–water partition coefficient (Wildman–Crippen LogP) is 3.35. The Labute approximate surface area is 165 Å². The van der Waals surface area contributed by atoms with Crippen LogP contribution < -0.4 is 4.74 Å². The number of ether oxygens (including phenoxy) is 2. The van der Waals surface area contributed by atoms with Gasteiger partial charge in [-0.3, -0.25) is 4.79 Å². The van der Waals surface area contributed by atoms with Gasteiger partial charge >= 0.3 is 5.97 Å². The van der Waals surface area contributed by atoms with E-state index in [2.05, 4.69) is 15.9 Å². The lowest BCUT2D eigenvalue weighted by molar-refractivity contribution is -0.144. The molecule has 0 saturated heterocycles. The first kappa shape index (κ1) is 20.7. The number of hydrogen-bond donors (Lipinski definition) is 0. The fraction of sp³-hybridized carbons (Fsp3) is 0.235. The molecule has 0 radical (unpaired) electrons. The van der Waals surface area contributed by atoms with Crippen molar-refractivity contribution in [1.82, 2.24) is 4.31 Å². The van der Waals surface area contributed by atoms with Gasteiger partial charge in [-0.2, -0.15) is 4.31 Å². The Hall–Kier alpha value is -1.61. The molecule has 140 valence electrons. The average molecular weight is 463 g/mol. The highest BCUT2D eigenvalue weighted by molar-refractivity contribution is 9.10. The Bertz CT molecular complexity index is 840. The lowest BCUT2D eigenvalue weighted by Crippen LogP contribution is -2.33. The molecule has 6 nitrogen and oxygen atoms in total. The first-order valence-corrected chi connectivity index (χ1v) is 10.2. The van der Waals surface area contributed by atoms with Gasteiger partial charge in [-0.15, -0.1) is 0 Å². The average Bonchev–Trinajstić information content (AvgIpc) is 2.60. The van der Waals surface area contributed by atoms with Crippen LogP contribution in [0.15, 0.2) is 57.9 Å². The fourth-order valence-corrected chi connectivity index (χ4v) is 3.45. The van der Waals surface area contributed by atoms with E-state index in [0.29, 0.717) is 10.8 Å². The molecule has 0 unspecified atom stereocenters. The summed E-state index contributed by atoms with van der Waals surface area (Å²) < 4.78 is 37.0. The van der Waals surface area contributed by atoms with Crippen LogP contribution in [0.1, 0.15) is 0 Å². The molecule has 2 rings (SSSR count). The fourth-order valence-electron chi connectivity index (χ4n) is 1.94. The summed E-state index contributed by atoms with van der Waals surface area (Å²) in [6, 6.07) is 12.9. The zero-order chi connectivity index (χ0) is 19.2. The van der Waals surface area contributed by atoms with Gasteiger partial charge < -0.3 is 9.47 Å². The molecule has 0 amide bonds. The van der Waals surface area contributed by atoms with Gasteiger partial charge in [0.1, 0.15) is 25.5 Å². The van der Waals surface area contributed by atoms with Crippen molar-refractivity contribution in [3.8, 4) is 5.75 Å². The third-order valence-electron chi connectivity index (χ3n) is 3.30. The maximum Gasteiger partial charge on any atom is 0.321 e. The highest BCUT2D eigenvalue weighted by Crippen LogP contribution is 2.18. The summed E-state index contributed by atoms with van der Waals surface area (Å²) in [5, 5.41) is 0.428. The molecule has 0 bridgehead atoms. The van der Waals surface area contributed by atoms with Crippen LogP contribution in [0.5, 0.6) is 5.75 Å². The second-order valence-corrected chi connectivity index (χ2v) is 8.63. The molecule has 9 heteroatoms. The largest absolute Gasteiger partial charge is 0.490 e. The Balaban J connectivity index is 1.79. The number of sulfonamides is 1. The van der Waals surface area contributed by atoms with Crippen LogP contribution in [0.4, 0.5) is 0 Å². The Morgan fingerprint density at radius 1 is 1.08 bits per heavy atom. The summed E-state index contributed by atoms with van der Waals surface area (Å²) in [5.41, 5.74) is 0. The molecular weight excluding hydrogens is 446 g/mol. The summed E-state index contributed by atoms with van der Waals surface area (Å²) in [6.45, 7) is -0.214. The summed E-state index contributed by atoms with van der Waals surface area (Å²) in [6.07, 6.45) is 0. The number of likely N-dealkylation sites (N-methyl/N-ethyl adjacent to an activating group) is 1. The SMILES string of the molecule is CN(CC(=O)OCCOc1ccc(Br)cc1)S(=O)(=O)c1ccc(Cl)cc1. The van der Waals surface area contributed by atoms with E-state index in [1.54, 1.807) is 12.1 Å². The maximum absolute atomic E-state index is 12.4. The molecule has 0 aliphatic rings. The van der Waals surface area contributed by atoms with Crippen LogP contribution in [0.25, 0.3) is 0 Å². The van der Waals surface area contributed by atoms with Crippen molar-refractivity contribution in [3.05, 3.63) is 58.0 Å². The van der Waals surface area contributed by atoms with Crippen LogP contribution in [-0.4, -0.2) is 45.5 Å². The van der Waals surface area contributed by atoms with E-state index in [9.17, 15) is 13.2 Å². The molecule has 26 heavy (non-hydrogen) atoms. The second-order valence-electron chi connectivity index (χ2n) is 5.24. The molecule has 0 fully saturated rings. The Morgan fingerprint density at radius 2 is 1.69 bits per heavy atom. The third kappa shape index (κ3) is 5.98. The maximum atomic E-state index is 12.4. The van der Waals surface area contributed by atoms with Gasteiger partial charge in [0.2, 0.25) is 10.0 Å². The lowest BCUT2D eigenvalue weighted by atomic mass is 10.3. The number of benzene rings is 2. The third-order valence-corrected chi connectivity index (χ3v) is 5.90. The Morgan fingerprint density at radius 3 is 2.31 bits per heavy atom. The zero-order valence-electron chi connectivity index (χ0n) is 13.9. The van der Waals surface area contributed by atoms with Crippen molar-refractivity contribution in [2.24, 2.45) is 0 Å². The molecule has 0 aromatic heterocycles. The van der Waals surface area contributed by atoms with Crippen molar-refractivity contribution in [1.29, 1.82) is 0 Å². The van der Waals surface area contributed by atoms with Crippen molar-refractivity contribution in [3.63, 3.8) is 0 Å². The van der Waals surface area contributed by atoms with Crippen LogP contribution in [-0.2, 0) is 19.6 Å². The highest BCUT2D eigenvalue weighted by Gasteiger charge is 2.23. The van der Waals surface area contributed by atoms with Crippen LogP contribution in [0, 0.1) is 0 Å². The first-order chi connectivity index (χ1) is 12.3. The van der Waals surface area contributed by atoms with E-state index < -0.39 is 22.5 Å². The molecule has 2 aromatic rings. The van der Waals surface area contributed by atoms with E-state index in [1.165, 1.54) is 31.3 Å². The molecule has 0 aliphatic heterocycles. The number of rotatable bonds is 8. The molecule has 2 aromatic carbocycles. The van der Waals surface area contributed by atoms with E-state index in [1.807, 2.05) is 12.1 Å². The summed E-state index contributed by atoms with van der Waals surface area (Å²) in [7, 11) is -2.48. The van der Waals surface area contributed by atoms with Gasteiger partial charge in [0, 0.05) is 16.5 Å². The van der Waals surface area contributed by atoms with E-state index in [4.69, 9.17) is 21.1 Å². The molecule has 0 saturated carbocycles. The minimum Gasteiger partial charge on any atom is -0.490 e. The van der Waals surface area contributed by atoms with Crippen LogP contribution in [0.3, 0.4) is 0 Å². The van der Waals surface area contributed by atoms with Crippen molar-refractivity contribution < 1.29 is 22.7 Å². The standard InChI is InChI=1S/C17H17BrClNO5S/c1-20(26(22,23)16-8-4-14(19)5-9-16)12-17(21)25-11-10-24-15-6-2-13(18)3-7-15/h2-9H,10-12H2,1H3.